The number of carbonyl (C=O) groups is 1. The molecule has 6 nitrogen and oxygen atoms in total. The topological polar surface area (TPSA) is 86.7 Å². The third kappa shape index (κ3) is 3.77. The smallest absolute Gasteiger partial charge is 0.259 e. The molecule has 2 aromatic rings. The van der Waals surface area contributed by atoms with Crippen molar-refractivity contribution >= 4 is 37.5 Å². The van der Waals surface area contributed by atoms with Crippen LogP contribution in [0.25, 0.3) is 0 Å². The molecule has 0 bridgehead atoms. The summed E-state index contributed by atoms with van der Waals surface area (Å²) in [7, 11) is -3.67. The third-order valence-electron chi connectivity index (χ3n) is 4.29. The minimum absolute atomic E-state index is 0.00493. The molecule has 1 aliphatic heterocycles. The second-order valence-electron chi connectivity index (χ2n) is 6.23. The van der Waals surface area contributed by atoms with Gasteiger partial charge in [-0.1, -0.05) is 6.07 Å². The summed E-state index contributed by atoms with van der Waals surface area (Å²) in [5.41, 5.74) is 1.47. The summed E-state index contributed by atoms with van der Waals surface area (Å²) in [6, 6.07) is 9.21. The predicted octanol–water partition coefficient (Wildman–Crippen LogP) is 3.50. The lowest BCUT2D eigenvalue weighted by atomic mass is 10.1. The lowest BCUT2D eigenvalue weighted by Crippen LogP contribution is -2.28. The number of carbonyl (C=O) groups excluding carboxylic acids is 1. The fraction of sp³-hybridized carbons (Fsp3) is 0.278. The van der Waals surface area contributed by atoms with Crippen LogP contribution in [0.3, 0.4) is 0 Å². The Bertz CT molecular complexity index is 954. The Hall–Kier alpha value is -1.90. The van der Waals surface area contributed by atoms with Crippen LogP contribution in [-0.4, -0.2) is 36.8 Å². The summed E-state index contributed by atoms with van der Waals surface area (Å²) in [5, 5.41) is 12.7. The molecule has 1 heterocycles. The number of aryl methyl sites for hydroxylation is 1. The van der Waals surface area contributed by atoms with Crippen LogP contribution in [0, 0.1) is 6.92 Å². The Kier molecular flexibility index (Phi) is 5.36. The Balaban J connectivity index is 1.91. The average Bonchev–Trinajstić information content (AvgIpc) is 3.13. The van der Waals surface area contributed by atoms with E-state index in [1.807, 2.05) is 19.1 Å². The highest BCUT2D eigenvalue weighted by Gasteiger charge is 2.28. The number of aromatic hydroxyl groups is 1. The number of benzene rings is 2. The summed E-state index contributed by atoms with van der Waals surface area (Å²) in [5.74, 6) is -0.850. The van der Waals surface area contributed by atoms with Crippen molar-refractivity contribution in [3.05, 3.63) is 52.0 Å². The molecule has 0 atom stereocenters. The Morgan fingerprint density at radius 1 is 1.15 bits per heavy atom. The van der Waals surface area contributed by atoms with E-state index in [1.54, 1.807) is 6.07 Å². The van der Waals surface area contributed by atoms with E-state index in [0.29, 0.717) is 23.2 Å². The van der Waals surface area contributed by atoms with Gasteiger partial charge >= 0.3 is 0 Å². The van der Waals surface area contributed by atoms with Crippen LogP contribution in [0.1, 0.15) is 28.8 Å². The van der Waals surface area contributed by atoms with Crippen molar-refractivity contribution in [2.45, 2.75) is 24.7 Å². The van der Waals surface area contributed by atoms with Crippen LogP contribution in [0.5, 0.6) is 5.75 Å². The van der Waals surface area contributed by atoms with E-state index in [2.05, 4.69) is 21.2 Å². The van der Waals surface area contributed by atoms with Crippen LogP contribution in [-0.2, 0) is 10.0 Å². The number of rotatable bonds is 4. The van der Waals surface area contributed by atoms with E-state index >= 15 is 0 Å². The minimum atomic E-state index is -3.67. The van der Waals surface area contributed by atoms with Gasteiger partial charge in [-0.25, -0.2) is 8.42 Å². The van der Waals surface area contributed by atoms with Gasteiger partial charge in [0.15, 0.2) is 0 Å². The largest absolute Gasteiger partial charge is 0.507 e. The van der Waals surface area contributed by atoms with Gasteiger partial charge in [-0.05, 0) is 71.6 Å². The third-order valence-corrected chi connectivity index (χ3v) is 6.84. The van der Waals surface area contributed by atoms with Gasteiger partial charge in [-0.2, -0.15) is 4.31 Å². The summed E-state index contributed by atoms with van der Waals surface area (Å²) in [6.07, 6.45) is 1.65. The molecule has 0 spiro atoms. The maximum absolute atomic E-state index is 12.7. The number of amides is 1. The Labute approximate surface area is 161 Å². The highest BCUT2D eigenvalue weighted by molar-refractivity contribution is 9.10. The molecule has 0 aliphatic carbocycles. The van der Waals surface area contributed by atoms with E-state index in [0.717, 1.165) is 18.4 Å². The van der Waals surface area contributed by atoms with Crippen molar-refractivity contribution in [1.29, 1.82) is 0 Å². The van der Waals surface area contributed by atoms with Gasteiger partial charge in [0.25, 0.3) is 5.91 Å². The number of nitrogens with zero attached hydrogens (tertiary/aromatic N) is 1. The first-order chi connectivity index (χ1) is 12.3. The first kappa shape index (κ1) is 18.9. The lowest BCUT2D eigenvalue weighted by Gasteiger charge is -2.16. The second-order valence-corrected chi connectivity index (χ2v) is 9.02. The SMILES string of the molecule is Cc1ccc(NC(=O)c2cc(S(=O)(=O)N3CCCC3)ccc2O)c(Br)c1. The van der Waals surface area contributed by atoms with Crippen LogP contribution >= 0.6 is 15.9 Å². The number of halogens is 1. The van der Waals surface area contributed by atoms with E-state index < -0.39 is 15.9 Å². The molecule has 26 heavy (non-hydrogen) atoms. The molecule has 8 heteroatoms. The molecule has 1 saturated heterocycles. The molecule has 0 radical (unpaired) electrons. The average molecular weight is 439 g/mol. The summed E-state index contributed by atoms with van der Waals surface area (Å²) in [4.78, 5) is 12.6. The van der Waals surface area contributed by atoms with Gasteiger partial charge in [0.05, 0.1) is 16.1 Å². The monoisotopic (exact) mass is 438 g/mol. The van der Waals surface area contributed by atoms with Crippen LogP contribution in [0.4, 0.5) is 5.69 Å². The number of hydrogen-bond donors (Lipinski definition) is 2. The zero-order valence-electron chi connectivity index (χ0n) is 14.2. The maximum Gasteiger partial charge on any atom is 0.259 e. The molecule has 1 amide bonds. The number of phenols is 1. The Morgan fingerprint density at radius 3 is 2.50 bits per heavy atom. The lowest BCUT2D eigenvalue weighted by molar-refractivity contribution is 0.102. The zero-order valence-corrected chi connectivity index (χ0v) is 16.6. The molecular weight excluding hydrogens is 420 g/mol. The van der Waals surface area contributed by atoms with E-state index in [4.69, 9.17) is 0 Å². The van der Waals surface area contributed by atoms with Crippen LogP contribution in [0.15, 0.2) is 45.8 Å². The summed E-state index contributed by atoms with van der Waals surface area (Å²) in [6.45, 7) is 2.87. The van der Waals surface area contributed by atoms with Crippen molar-refractivity contribution in [1.82, 2.24) is 4.31 Å². The fourth-order valence-electron chi connectivity index (χ4n) is 2.85. The molecule has 2 N–H and O–H groups in total. The highest BCUT2D eigenvalue weighted by atomic mass is 79.9. The fourth-order valence-corrected chi connectivity index (χ4v) is 4.98. The van der Waals surface area contributed by atoms with Gasteiger partial charge in [0.1, 0.15) is 5.75 Å². The molecule has 2 aromatic carbocycles. The predicted molar refractivity (Wildman–Crippen MR) is 103 cm³/mol. The van der Waals surface area contributed by atoms with Crippen molar-refractivity contribution in [3.63, 3.8) is 0 Å². The molecule has 1 aliphatic rings. The van der Waals surface area contributed by atoms with E-state index in [-0.39, 0.29) is 16.2 Å². The Morgan fingerprint density at radius 2 is 1.85 bits per heavy atom. The van der Waals surface area contributed by atoms with Crippen molar-refractivity contribution < 1.29 is 18.3 Å². The second kappa shape index (κ2) is 7.38. The standard InChI is InChI=1S/C18H19BrN2O4S/c1-12-4-6-16(15(19)10-12)20-18(23)14-11-13(5-7-17(14)22)26(24,25)21-8-2-3-9-21/h4-7,10-11,22H,2-3,8-9H2,1H3,(H,20,23). The molecule has 0 saturated carbocycles. The van der Waals surface area contributed by atoms with Crippen LogP contribution < -0.4 is 5.32 Å². The number of nitrogens with one attached hydrogen (secondary N) is 1. The normalized spacial score (nSPS) is 15.2. The van der Waals surface area contributed by atoms with Gasteiger partial charge in [-0.15, -0.1) is 0 Å². The number of anilines is 1. The molecule has 1 fully saturated rings. The highest BCUT2D eigenvalue weighted by Crippen LogP contribution is 2.28. The van der Waals surface area contributed by atoms with Crippen molar-refractivity contribution in [2.75, 3.05) is 18.4 Å². The number of hydrogen-bond acceptors (Lipinski definition) is 4. The molecule has 138 valence electrons. The van der Waals surface area contributed by atoms with Gasteiger partial charge in [-0.3, -0.25) is 4.79 Å². The van der Waals surface area contributed by atoms with Crippen LogP contribution in [0.2, 0.25) is 0 Å². The summed E-state index contributed by atoms with van der Waals surface area (Å²) >= 11 is 3.38. The van der Waals surface area contributed by atoms with Crippen molar-refractivity contribution in [3.8, 4) is 5.75 Å². The first-order valence-electron chi connectivity index (χ1n) is 8.20. The van der Waals surface area contributed by atoms with Gasteiger partial charge in [0.2, 0.25) is 10.0 Å². The van der Waals surface area contributed by atoms with Gasteiger partial charge < -0.3 is 10.4 Å². The quantitative estimate of drug-likeness (QED) is 0.764. The van der Waals surface area contributed by atoms with E-state index in [1.165, 1.54) is 22.5 Å². The molecule has 0 unspecified atom stereocenters. The maximum atomic E-state index is 12.7. The van der Waals surface area contributed by atoms with Crippen molar-refractivity contribution in [2.24, 2.45) is 0 Å². The molecule has 3 rings (SSSR count). The van der Waals surface area contributed by atoms with E-state index in [9.17, 15) is 18.3 Å². The molecule has 0 aromatic heterocycles. The summed E-state index contributed by atoms with van der Waals surface area (Å²) < 4.78 is 27.5. The number of phenolic OH excluding ortho intramolecular Hbond substituents is 1. The molecular formula is C18H19BrN2O4S. The van der Waals surface area contributed by atoms with Gasteiger partial charge in [0, 0.05) is 17.6 Å². The number of sulfonamides is 1. The zero-order chi connectivity index (χ0) is 18.9. The first-order valence-corrected chi connectivity index (χ1v) is 10.4. The minimum Gasteiger partial charge on any atom is -0.507 e.